The van der Waals surface area contributed by atoms with E-state index in [2.05, 4.69) is 50.4 Å². The van der Waals surface area contributed by atoms with Crippen LogP contribution < -0.4 is 10.1 Å². The Bertz CT molecular complexity index is 356. The van der Waals surface area contributed by atoms with E-state index in [1.54, 1.807) is 0 Å². The molecule has 0 saturated heterocycles. The molecule has 17 heavy (non-hydrogen) atoms. The average Bonchev–Trinajstić information content (AvgIpc) is 2.27. The monoisotopic (exact) mass is 233 g/mol. The average molecular weight is 233 g/mol. The van der Waals surface area contributed by atoms with Crippen molar-refractivity contribution >= 4 is 0 Å². The molecule has 0 spiro atoms. The van der Waals surface area contributed by atoms with E-state index in [1.807, 2.05) is 0 Å². The molecule has 0 aliphatic heterocycles. The summed E-state index contributed by atoms with van der Waals surface area (Å²) in [6, 6.07) is 9.15. The quantitative estimate of drug-likeness (QED) is 0.842. The van der Waals surface area contributed by atoms with Crippen LogP contribution in [-0.2, 0) is 0 Å². The third-order valence-electron chi connectivity index (χ3n) is 3.42. The molecule has 1 saturated carbocycles. The van der Waals surface area contributed by atoms with Crippen LogP contribution in [0.1, 0.15) is 45.1 Å². The Balaban J connectivity index is 1.86. The van der Waals surface area contributed by atoms with Crippen LogP contribution in [-0.4, -0.2) is 18.7 Å². The zero-order valence-corrected chi connectivity index (χ0v) is 11.1. The first-order chi connectivity index (χ1) is 8.19. The fourth-order valence-electron chi connectivity index (χ4n) is 2.26. The molecule has 0 radical (unpaired) electrons. The summed E-state index contributed by atoms with van der Waals surface area (Å²) in [5.74, 6) is 1.59. The summed E-state index contributed by atoms with van der Waals surface area (Å²) < 4.78 is 5.98. The second-order valence-electron chi connectivity index (χ2n) is 5.19. The molecule has 1 aliphatic carbocycles. The Morgan fingerprint density at radius 2 is 2.12 bits per heavy atom. The molecule has 1 aromatic rings. The minimum Gasteiger partial charge on any atom is -0.490 e. The number of hydrogen-bond donors (Lipinski definition) is 1. The third kappa shape index (κ3) is 3.22. The van der Waals surface area contributed by atoms with Gasteiger partial charge in [-0.25, -0.2) is 0 Å². The molecule has 1 aliphatic rings. The van der Waals surface area contributed by atoms with Crippen LogP contribution in [0, 0.1) is 0 Å². The molecule has 0 aromatic heterocycles. The van der Waals surface area contributed by atoms with Crippen molar-refractivity contribution in [2.75, 3.05) is 6.54 Å². The smallest absolute Gasteiger partial charge is 0.120 e. The van der Waals surface area contributed by atoms with Gasteiger partial charge in [-0.15, -0.1) is 0 Å². The van der Waals surface area contributed by atoms with Gasteiger partial charge in [0.05, 0.1) is 0 Å². The van der Waals surface area contributed by atoms with Crippen LogP contribution >= 0.6 is 0 Å². The first-order valence-corrected chi connectivity index (χ1v) is 6.69. The highest BCUT2D eigenvalue weighted by molar-refractivity contribution is 5.30. The lowest BCUT2D eigenvalue weighted by Gasteiger charge is -2.35. The van der Waals surface area contributed by atoms with Gasteiger partial charge >= 0.3 is 0 Å². The van der Waals surface area contributed by atoms with Crippen LogP contribution in [0.3, 0.4) is 0 Å². The van der Waals surface area contributed by atoms with Crippen LogP contribution in [0.2, 0.25) is 0 Å². The predicted octanol–water partition coefficient (Wildman–Crippen LogP) is 3.33. The van der Waals surface area contributed by atoms with Gasteiger partial charge in [0.25, 0.3) is 0 Å². The van der Waals surface area contributed by atoms with Crippen LogP contribution in [0.25, 0.3) is 0 Å². The summed E-state index contributed by atoms with van der Waals surface area (Å²) in [5.41, 5.74) is 1.35. The van der Waals surface area contributed by atoms with Crippen LogP contribution in [0.5, 0.6) is 5.75 Å². The first kappa shape index (κ1) is 12.4. The maximum Gasteiger partial charge on any atom is 0.120 e. The van der Waals surface area contributed by atoms with Crippen molar-refractivity contribution in [3.05, 3.63) is 29.8 Å². The molecule has 2 rings (SSSR count). The van der Waals surface area contributed by atoms with Gasteiger partial charge in [-0.1, -0.05) is 32.9 Å². The zero-order chi connectivity index (χ0) is 12.3. The summed E-state index contributed by atoms with van der Waals surface area (Å²) in [4.78, 5) is 0. The van der Waals surface area contributed by atoms with Gasteiger partial charge in [0.15, 0.2) is 0 Å². The summed E-state index contributed by atoms with van der Waals surface area (Å²) in [7, 11) is 0. The number of benzene rings is 1. The highest BCUT2D eigenvalue weighted by Crippen LogP contribution is 2.27. The van der Waals surface area contributed by atoms with Gasteiger partial charge in [0.1, 0.15) is 11.9 Å². The summed E-state index contributed by atoms with van der Waals surface area (Å²) >= 11 is 0. The molecule has 0 atom stereocenters. The van der Waals surface area contributed by atoms with Gasteiger partial charge in [-0.3, -0.25) is 0 Å². The standard InChI is InChI=1S/C15H23NO/c1-4-16-13-9-15(10-13)17-14-7-5-6-12(8-14)11(2)3/h5-8,11,13,15-16H,4,9-10H2,1-3H3/t13-,15-. The fourth-order valence-corrected chi connectivity index (χ4v) is 2.26. The maximum absolute atomic E-state index is 5.98. The number of ether oxygens (including phenoxy) is 1. The lowest BCUT2D eigenvalue weighted by atomic mass is 9.89. The van der Waals surface area contributed by atoms with Gasteiger partial charge in [-0.2, -0.15) is 0 Å². The minimum atomic E-state index is 0.404. The predicted molar refractivity (Wildman–Crippen MR) is 71.6 cm³/mol. The lowest BCUT2D eigenvalue weighted by molar-refractivity contribution is 0.0858. The van der Waals surface area contributed by atoms with Crippen molar-refractivity contribution in [3.63, 3.8) is 0 Å². The molecule has 2 heteroatoms. The molecule has 0 amide bonds. The van der Waals surface area contributed by atoms with Gasteiger partial charge in [0, 0.05) is 6.04 Å². The molecule has 0 heterocycles. The van der Waals surface area contributed by atoms with E-state index in [4.69, 9.17) is 4.74 Å². The number of rotatable bonds is 5. The number of hydrogen-bond acceptors (Lipinski definition) is 2. The molecule has 1 N–H and O–H groups in total. The first-order valence-electron chi connectivity index (χ1n) is 6.69. The largest absolute Gasteiger partial charge is 0.490 e. The highest BCUT2D eigenvalue weighted by Gasteiger charge is 2.29. The Kier molecular flexibility index (Phi) is 4.06. The van der Waals surface area contributed by atoms with Gasteiger partial charge in [0.2, 0.25) is 0 Å². The minimum absolute atomic E-state index is 0.404. The van der Waals surface area contributed by atoms with Crippen molar-refractivity contribution in [2.45, 2.75) is 51.7 Å². The van der Waals surface area contributed by atoms with E-state index in [0.29, 0.717) is 18.1 Å². The Hall–Kier alpha value is -1.02. The molecule has 1 aromatic carbocycles. The Morgan fingerprint density at radius 1 is 1.35 bits per heavy atom. The van der Waals surface area contributed by atoms with Gasteiger partial charge in [-0.05, 0) is 43.0 Å². The highest BCUT2D eigenvalue weighted by atomic mass is 16.5. The van der Waals surface area contributed by atoms with Crippen molar-refractivity contribution in [1.29, 1.82) is 0 Å². The summed E-state index contributed by atoms with van der Waals surface area (Å²) in [6.07, 6.45) is 2.68. The van der Waals surface area contributed by atoms with Crippen molar-refractivity contribution < 1.29 is 4.74 Å². The van der Waals surface area contributed by atoms with E-state index in [9.17, 15) is 0 Å². The van der Waals surface area contributed by atoms with E-state index in [0.717, 1.165) is 25.1 Å². The summed E-state index contributed by atoms with van der Waals surface area (Å²) in [6.45, 7) is 7.63. The molecule has 0 unspecified atom stereocenters. The maximum atomic E-state index is 5.98. The molecular formula is C15H23NO. The zero-order valence-electron chi connectivity index (χ0n) is 11.1. The SMILES string of the molecule is CCN[C@H]1C[C@H](Oc2cccc(C(C)C)c2)C1. The number of nitrogens with one attached hydrogen (secondary N) is 1. The second kappa shape index (κ2) is 5.54. The molecular weight excluding hydrogens is 210 g/mol. The van der Waals surface area contributed by atoms with Crippen LogP contribution in [0.4, 0.5) is 0 Å². The normalized spacial score (nSPS) is 23.5. The van der Waals surface area contributed by atoms with E-state index >= 15 is 0 Å². The fraction of sp³-hybridized carbons (Fsp3) is 0.600. The van der Waals surface area contributed by atoms with Crippen molar-refractivity contribution in [2.24, 2.45) is 0 Å². The van der Waals surface area contributed by atoms with Crippen molar-refractivity contribution in [1.82, 2.24) is 5.32 Å². The Morgan fingerprint density at radius 3 is 2.76 bits per heavy atom. The van der Waals surface area contributed by atoms with Crippen LogP contribution in [0.15, 0.2) is 24.3 Å². The van der Waals surface area contributed by atoms with E-state index < -0.39 is 0 Å². The molecule has 0 bridgehead atoms. The Labute approximate surface area is 104 Å². The lowest BCUT2D eigenvalue weighted by Crippen LogP contribution is -2.46. The molecule has 94 valence electrons. The molecule has 1 fully saturated rings. The van der Waals surface area contributed by atoms with E-state index in [1.165, 1.54) is 5.56 Å². The summed E-state index contributed by atoms with van der Waals surface area (Å²) in [5, 5.41) is 3.45. The topological polar surface area (TPSA) is 21.3 Å². The van der Waals surface area contributed by atoms with Crippen molar-refractivity contribution in [3.8, 4) is 5.75 Å². The molecule has 2 nitrogen and oxygen atoms in total. The second-order valence-corrected chi connectivity index (χ2v) is 5.19. The van der Waals surface area contributed by atoms with E-state index in [-0.39, 0.29) is 0 Å². The third-order valence-corrected chi connectivity index (χ3v) is 3.42. The van der Waals surface area contributed by atoms with Gasteiger partial charge < -0.3 is 10.1 Å².